The third kappa shape index (κ3) is 3.25. The van der Waals surface area contributed by atoms with Crippen LogP contribution in [0.4, 0.5) is 0 Å². The smallest absolute Gasteiger partial charge is 0.315 e. The van der Waals surface area contributed by atoms with E-state index < -0.39 is 0 Å². The largest absolute Gasteiger partial charge is 0.465 e. The van der Waals surface area contributed by atoms with E-state index in [1.54, 1.807) is 0 Å². The summed E-state index contributed by atoms with van der Waals surface area (Å²) in [6, 6.07) is 0. The van der Waals surface area contributed by atoms with E-state index in [1.165, 1.54) is 0 Å². The first-order valence-corrected chi connectivity index (χ1v) is 5.46. The Morgan fingerprint density at radius 2 is 2.43 bits per heavy atom. The van der Waals surface area contributed by atoms with Crippen molar-refractivity contribution < 1.29 is 9.53 Å². The third-order valence-corrected chi connectivity index (χ3v) is 2.70. The standard InChI is InChI=1S/C10H17NO2S/c1-7(2)4-6-13-10(12)8-3-5-11-9(8)14/h7-8H,3-6H2,1-2H3,(H,11,14). The lowest BCUT2D eigenvalue weighted by molar-refractivity contribution is -0.146. The molecule has 0 saturated carbocycles. The van der Waals surface area contributed by atoms with E-state index >= 15 is 0 Å². The summed E-state index contributed by atoms with van der Waals surface area (Å²) >= 11 is 5.01. The molecule has 0 amide bonds. The molecular weight excluding hydrogens is 198 g/mol. The van der Waals surface area contributed by atoms with Gasteiger partial charge in [-0.3, -0.25) is 4.79 Å². The van der Waals surface area contributed by atoms with Crippen LogP contribution in [0.2, 0.25) is 0 Å². The molecule has 1 rings (SSSR count). The monoisotopic (exact) mass is 215 g/mol. The fourth-order valence-electron chi connectivity index (χ4n) is 1.31. The van der Waals surface area contributed by atoms with Gasteiger partial charge in [-0.25, -0.2) is 0 Å². The highest BCUT2D eigenvalue weighted by atomic mass is 32.1. The molecule has 1 heterocycles. The van der Waals surface area contributed by atoms with Crippen LogP contribution in [-0.4, -0.2) is 24.1 Å². The molecular formula is C10H17NO2S. The highest BCUT2D eigenvalue weighted by Crippen LogP contribution is 2.13. The molecule has 4 heteroatoms. The average Bonchev–Trinajstić information content (AvgIpc) is 2.50. The van der Waals surface area contributed by atoms with Crippen LogP contribution >= 0.6 is 12.2 Å². The topological polar surface area (TPSA) is 38.3 Å². The summed E-state index contributed by atoms with van der Waals surface area (Å²) in [6.07, 6.45) is 1.69. The SMILES string of the molecule is CC(C)CCOC(=O)C1CCNC1=S. The summed E-state index contributed by atoms with van der Waals surface area (Å²) < 4.78 is 5.14. The van der Waals surface area contributed by atoms with Gasteiger partial charge in [-0.05, 0) is 18.8 Å². The summed E-state index contributed by atoms with van der Waals surface area (Å²) in [6.45, 7) is 5.52. The molecule has 1 fully saturated rings. The van der Waals surface area contributed by atoms with Crippen LogP contribution in [-0.2, 0) is 9.53 Å². The Balaban J connectivity index is 2.24. The molecule has 0 aromatic rings. The Morgan fingerprint density at radius 3 is 2.93 bits per heavy atom. The van der Waals surface area contributed by atoms with Gasteiger partial charge in [-0.1, -0.05) is 26.1 Å². The summed E-state index contributed by atoms with van der Waals surface area (Å²) in [5.41, 5.74) is 0. The van der Waals surface area contributed by atoms with Crippen molar-refractivity contribution in [2.24, 2.45) is 11.8 Å². The first kappa shape index (κ1) is 11.4. The fourth-order valence-corrected chi connectivity index (χ4v) is 1.63. The Labute approximate surface area is 90.2 Å². The molecule has 1 aliphatic heterocycles. The highest BCUT2D eigenvalue weighted by Gasteiger charge is 2.28. The van der Waals surface area contributed by atoms with Crippen molar-refractivity contribution in [1.29, 1.82) is 0 Å². The van der Waals surface area contributed by atoms with Gasteiger partial charge in [0, 0.05) is 6.54 Å². The van der Waals surface area contributed by atoms with Crippen molar-refractivity contribution in [2.45, 2.75) is 26.7 Å². The van der Waals surface area contributed by atoms with Crippen LogP contribution < -0.4 is 5.32 Å². The van der Waals surface area contributed by atoms with Crippen LogP contribution in [0, 0.1) is 11.8 Å². The molecule has 0 bridgehead atoms. The van der Waals surface area contributed by atoms with Gasteiger partial charge < -0.3 is 10.1 Å². The van der Waals surface area contributed by atoms with E-state index in [9.17, 15) is 4.79 Å². The van der Waals surface area contributed by atoms with Crippen LogP contribution in [0.5, 0.6) is 0 Å². The zero-order valence-corrected chi connectivity index (χ0v) is 9.52. The fraction of sp³-hybridized carbons (Fsp3) is 0.800. The maximum absolute atomic E-state index is 11.5. The second-order valence-electron chi connectivity index (χ2n) is 3.98. The summed E-state index contributed by atoms with van der Waals surface area (Å²) in [5, 5.41) is 2.98. The van der Waals surface area contributed by atoms with Gasteiger partial charge in [0.15, 0.2) is 0 Å². The van der Waals surface area contributed by atoms with Crippen molar-refractivity contribution >= 4 is 23.2 Å². The molecule has 1 aliphatic rings. The van der Waals surface area contributed by atoms with E-state index in [4.69, 9.17) is 17.0 Å². The number of carbonyl (C=O) groups is 1. The number of esters is 1. The Morgan fingerprint density at radius 1 is 1.71 bits per heavy atom. The van der Waals surface area contributed by atoms with Gasteiger partial charge in [-0.15, -0.1) is 0 Å². The molecule has 0 aromatic heterocycles. The van der Waals surface area contributed by atoms with Crippen LogP contribution in [0.3, 0.4) is 0 Å². The van der Waals surface area contributed by atoms with Crippen molar-refractivity contribution in [3.8, 4) is 0 Å². The lowest BCUT2D eigenvalue weighted by atomic mass is 10.1. The first-order valence-electron chi connectivity index (χ1n) is 5.05. The quantitative estimate of drug-likeness (QED) is 0.570. The molecule has 0 spiro atoms. The number of hydrogen-bond donors (Lipinski definition) is 1. The van der Waals surface area contributed by atoms with Crippen LogP contribution in [0.15, 0.2) is 0 Å². The molecule has 1 saturated heterocycles. The molecule has 0 aliphatic carbocycles. The van der Waals surface area contributed by atoms with Crippen molar-refractivity contribution in [1.82, 2.24) is 5.32 Å². The van der Waals surface area contributed by atoms with Gasteiger partial charge in [0.05, 0.1) is 11.6 Å². The molecule has 3 nitrogen and oxygen atoms in total. The second kappa shape index (κ2) is 5.29. The van der Waals surface area contributed by atoms with Gasteiger partial charge in [0.25, 0.3) is 0 Å². The zero-order valence-electron chi connectivity index (χ0n) is 8.71. The summed E-state index contributed by atoms with van der Waals surface area (Å²) in [7, 11) is 0. The summed E-state index contributed by atoms with van der Waals surface area (Å²) in [4.78, 5) is 12.1. The number of rotatable bonds is 4. The van der Waals surface area contributed by atoms with Crippen molar-refractivity contribution in [3.63, 3.8) is 0 Å². The molecule has 14 heavy (non-hydrogen) atoms. The van der Waals surface area contributed by atoms with Gasteiger partial charge in [-0.2, -0.15) is 0 Å². The van der Waals surface area contributed by atoms with Gasteiger partial charge in [0.1, 0.15) is 5.92 Å². The summed E-state index contributed by atoms with van der Waals surface area (Å²) in [5.74, 6) is 0.203. The normalized spacial score (nSPS) is 21.1. The minimum absolute atomic E-state index is 0.166. The molecule has 0 radical (unpaired) electrons. The van der Waals surface area contributed by atoms with Gasteiger partial charge in [0.2, 0.25) is 0 Å². The molecule has 1 unspecified atom stereocenters. The van der Waals surface area contributed by atoms with E-state index in [0.717, 1.165) is 19.4 Å². The predicted octanol–water partition coefficient (Wildman–Crippen LogP) is 1.51. The maximum Gasteiger partial charge on any atom is 0.315 e. The highest BCUT2D eigenvalue weighted by molar-refractivity contribution is 7.80. The average molecular weight is 215 g/mol. The lowest BCUT2D eigenvalue weighted by Crippen LogP contribution is -2.25. The molecule has 1 N–H and O–H groups in total. The third-order valence-electron chi connectivity index (χ3n) is 2.27. The van der Waals surface area contributed by atoms with E-state index in [-0.39, 0.29) is 11.9 Å². The number of nitrogens with one attached hydrogen (secondary N) is 1. The van der Waals surface area contributed by atoms with E-state index in [1.807, 2.05) is 0 Å². The first-order chi connectivity index (χ1) is 6.61. The Kier molecular flexibility index (Phi) is 4.32. The Bertz CT molecular complexity index is 228. The number of ether oxygens (including phenoxy) is 1. The minimum Gasteiger partial charge on any atom is -0.465 e. The van der Waals surface area contributed by atoms with Crippen molar-refractivity contribution in [3.05, 3.63) is 0 Å². The van der Waals surface area contributed by atoms with E-state index in [2.05, 4.69) is 19.2 Å². The second-order valence-corrected chi connectivity index (χ2v) is 4.42. The van der Waals surface area contributed by atoms with Crippen molar-refractivity contribution in [2.75, 3.05) is 13.2 Å². The Hall–Kier alpha value is -0.640. The lowest BCUT2D eigenvalue weighted by Gasteiger charge is -2.10. The molecule has 0 aromatic carbocycles. The number of carbonyl (C=O) groups excluding carboxylic acids is 1. The molecule has 80 valence electrons. The minimum atomic E-state index is -0.197. The number of thiocarbonyl (C=S) groups is 1. The van der Waals surface area contributed by atoms with Crippen LogP contribution in [0.1, 0.15) is 26.7 Å². The van der Waals surface area contributed by atoms with Crippen LogP contribution in [0.25, 0.3) is 0 Å². The zero-order chi connectivity index (χ0) is 10.6. The maximum atomic E-state index is 11.5. The van der Waals surface area contributed by atoms with Gasteiger partial charge >= 0.3 is 5.97 Å². The number of hydrogen-bond acceptors (Lipinski definition) is 3. The molecule has 1 atom stereocenters. The predicted molar refractivity (Wildman–Crippen MR) is 59.1 cm³/mol. The van der Waals surface area contributed by atoms with E-state index in [0.29, 0.717) is 17.5 Å².